The Morgan fingerprint density at radius 1 is 1.12 bits per heavy atom. The molecule has 0 heterocycles. The second-order valence-corrected chi connectivity index (χ2v) is 5.37. The molecule has 0 saturated carbocycles. The lowest BCUT2D eigenvalue weighted by molar-refractivity contribution is -0.385. The standard InChI is InChI=1S/C16H11ClN2O6/c1-8(20)18-13-6-11(14(19(24)25)7-12(13)17)15(21)9-4-2-3-5-10(9)16(22)23/h2-7H,1H3,(H,18,20)(H,22,23). The van der Waals surface area contributed by atoms with Gasteiger partial charge in [-0.3, -0.25) is 19.7 Å². The number of hydrogen-bond donors (Lipinski definition) is 2. The summed E-state index contributed by atoms with van der Waals surface area (Å²) in [5.41, 5.74) is -1.47. The summed E-state index contributed by atoms with van der Waals surface area (Å²) in [5, 5.41) is 22.7. The molecular weight excluding hydrogens is 352 g/mol. The van der Waals surface area contributed by atoms with Crippen molar-refractivity contribution >= 4 is 40.6 Å². The second kappa shape index (κ2) is 7.10. The number of nitro groups is 1. The summed E-state index contributed by atoms with van der Waals surface area (Å²) >= 11 is 5.90. The molecule has 2 rings (SSSR count). The van der Waals surface area contributed by atoms with E-state index < -0.39 is 28.3 Å². The molecule has 0 fully saturated rings. The number of hydrogen-bond acceptors (Lipinski definition) is 5. The minimum absolute atomic E-state index is 0.0101. The van der Waals surface area contributed by atoms with E-state index in [0.717, 1.165) is 12.1 Å². The number of ketones is 1. The molecule has 2 aromatic rings. The number of carboxylic acid groups (broad SMARTS) is 1. The van der Waals surface area contributed by atoms with Crippen molar-refractivity contribution in [2.24, 2.45) is 0 Å². The van der Waals surface area contributed by atoms with Crippen LogP contribution < -0.4 is 5.32 Å². The maximum Gasteiger partial charge on any atom is 0.336 e. The van der Waals surface area contributed by atoms with Crippen molar-refractivity contribution in [2.45, 2.75) is 6.92 Å². The number of carboxylic acids is 1. The first kappa shape index (κ1) is 18.1. The highest BCUT2D eigenvalue weighted by Gasteiger charge is 2.27. The van der Waals surface area contributed by atoms with E-state index in [-0.39, 0.29) is 27.4 Å². The van der Waals surface area contributed by atoms with Gasteiger partial charge in [0, 0.05) is 18.6 Å². The van der Waals surface area contributed by atoms with Gasteiger partial charge in [-0.2, -0.15) is 0 Å². The van der Waals surface area contributed by atoms with Crippen LogP contribution in [0.4, 0.5) is 11.4 Å². The van der Waals surface area contributed by atoms with Gasteiger partial charge in [0.2, 0.25) is 11.7 Å². The van der Waals surface area contributed by atoms with Gasteiger partial charge < -0.3 is 10.4 Å². The summed E-state index contributed by atoms with van der Waals surface area (Å²) in [5.74, 6) is -2.70. The Balaban J connectivity index is 2.68. The molecule has 8 nitrogen and oxygen atoms in total. The number of nitro benzene ring substituents is 1. The van der Waals surface area contributed by atoms with Crippen LogP contribution in [0, 0.1) is 10.1 Å². The number of halogens is 1. The second-order valence-electron chi connectivity index (χ2n) is 4.97. The molecule has 0 aliphatic rings. The fourth-order valence-electron chi connectivity index (χ4n) is 2.19. The average Bonchev–Trinajstić information content (AvgIpc) is 2.55. The molecule has 0 aromatic heterocycles. The molecule has 0 atom stereocenters. The van der Waals surface area contributed by atoms with Gasteiger partial charge in [-0.15, -0.1) is 0 Å². The lowest BCUT2D eigenvalue weighted by atomic mass is 9.97. The molecule has 2 aromatic carbocycles. The predicted octanol–water partition coefficient (Wildman–Crippen LogP) is 3.14. The summed E-state index contributed by atoms with van der Waals surface area (Å²) in [6.07, 6.45) is 0. The van der Waals surface area contributed by atoms with Crippen molar-refractivity contribution in [2.75, 3.05) is 5.32 Å². The monoisotopic (exact) mass is 362 g/mol. The molecule has 128 valence electrons. The smallest absolute Gasteiger partial charge is 0.336 e. The highest BCUT2D eigenvalue weighted by Crippen LogP contribution is 2.32. The number of carbonyl (C=O) groups is 3. The van der Waals surface area contributed by atoms with Crippen LogP contribution in [-0.4, -0.2) is 27.7 Å². The highest BCUT2D eigenvalue weighted by molar-refractivity contribution is 6.34. The maximum atomic E-state index is 12.7. The number of aromatic carboxylic acids is 1. The zero-order chi connectivity index (χ0) is 18.7. The van der Waals surface area contributed by atoms with Crippen LogP contribution in [0.25, 0.3) is 0 Å². The number of carbonyl (C=O) groups excluding carboxylic acids is 2. The Labute approximate surface area is 146 Å². The molecule has 0 radical (unpaired) electrons. The molecular formula is C16H11ClN2O6. The van der Waals surface area contributed by atoms with Crippen LogP contribution in [0.1, 0.15) is 33.2 Å². The number of rotatable bonds is 5. The van der Waals surface area contributed by atoms with Crippen LogP contribution >= 0.6 is 11.6 Å². The SMILES string of the molecule is CC(=O)Nc1cc(C(=O)c2ccccc2C(=O)O)c([N+](=O)[O-])cc1Cl. The van der Waals surface area contributed by atoms with Gasteiger partial charge in [0.25, 0.3) is 5.69 Å². The molecule has 0 spiro atoms. The first-order chi connectivity index (χ1) is 11.7. The van der Waals surface area contributed by atoms with Crippen LogP contribution in [0.5, 0.6) is 0 Å². The van der Waals surface area contributed by atoms with E-state index >= 15 is 0 Å². The summed E-state index contributed by atoms with van der Waals surface area (Å²) in [6.45, 7) is 1.21. The third kappa shape index (κ3) is 3.81. The number of amides is 1. The number of nitrogens with one attached hydrogen (secondary N) is 1. The zero-order valence-electron chi connectivity index (χ0n) is 12.8. The number of nitrogens with zero attached hydrogens (tertiary/aromatic N) is 1. The van der Waals surface area contributed by atoms with Gasteiger partial charge in [0.05, 0.1) is 21.2 Å². The van der Waals surface area contributed by atoms with E-state index in [1.807, 2.05) is 0 Å². The van der Waals surface area contributed by atoms with E-state index in [0.29, 0.717) is 0 Å². The highest BCUT2D eigenvalue weighted by atomic mass is 35.5. The average molecular weight is 363 g/mol. The topological polar surface area (TPSA) is 127 Å². The van der Waals surface area contributed by atoms with Gasteiger partial charge in [0.1, 0.15) is 5.56 Å². The molecule has 0 bridgehead atoms. The Kier molecular flexibility index (Phi) is 5.14. The van der Waals surface area contributed by atoms with Crippen molar-refractivity contribution in [1.82, 2.24) is 0 Å². The quantitative estimate of drug-likeness (QED) is 0.478. The van der Waals surface area contributed by atoms with Gasteiger partial charge >= 0.3 is 5.97 Å². The van der Waals surface area contributed by atoms with Crippen molar-refractivity contribution in [3.8, 4) is 0 Å². The summed E-state index contributed by atoms with van der Waals surface area (Å²) in [6, 6.07) is 7.33. The number of benzene rings is 2. The van der Waals surface area contributed by atoms with Crippen molar-refractivity contribution in [3.63, 3.8) is 0 Å². The Morgan fingerprint density at radius 3 is 2.24 bits per heavy atom. The molecule has 2 N–H and O–H groups in total. The van der Waals surface area contributed by atoms with Crippen molar-refractivity contribution in [1.29, 1.82) is 0 Å². The van der Waals surface area contributed by atoms with Crippen molar-refractivity contribution in [3.05, 3.63) is 68.2 Å². The van der Waals surface area contributed by atoms with Gasteiger partial charge in [-0.1, -0.05) is 29.8 Å². The Bertz CT molecular complexity index is 909. The van der Waals surface area contributed by atoms with Crippen molar-refractivity contribution < 1.29 is 24.4 Å². The van der Waals surface area contributed by atoms with Gasteiger partial charge in [-0.25, -0.2) is 4.79 Å². The normalized spacial score (nSPS) is 10.2. The summed E-state index contributed by atoms with van der Waals surface area (Å²) in [7, 11) is 0. The lowest BCUT2D eigenvalue weighted by Crippen LogP contribution is -2.13. The molecule has 0 aliphatic heterocycles. The van der Waals surface area contributed by atoms with E-state index in [1.165, 1.54) is 31.2 Å². The summed E-state index contributed by atoms with van der Waals surface area (Å²) in [4.78, 5) is 45.7. The summed E-state index contributed by atoms with van der Waals surface area (Å²) < 4.78 is 0. The van der Waals surface area contributed by atoms with Gasteiger partial charge in [-0.05, 0) is 12.1 Å². The molecule has 0 aliphatic carbocycles. The molecule has 25 heavy (non-hydrogen) atoms. The molecule has 1 amide bonds. The third-order valence-corrected chi connectivity index (χ3v) is 3.55. The van der Waals surface area contributed by atoms with Crippen LogP contribution in [0.15, 0.2) is 36.4 Å². The predicted molar refractivity (Wildman–Crippen MR) is 89.2 cm³/mol. The van der Waals surface area contributed by atoms with E-state index in [4.69, 9.17) is 11.6 Å². The molecule has 0 saturated heterocycles. The maximum absolute atomic E-state index is 12.7. The minimum atomic E-state index is -1.34. The largest absolute Gasteiger partial charge is 0.478 e. The fraction of sp³-hybridized carbons (Fsp3) is 0.0625. The van der Waals surface area contributed by atoms with E-state index in [1.54, 1.807) is 0 Å². The third-order valence-electron chi connectivity index (χ3n) is 3.24. The van der Waals surface area contributed by atoms with Crippen LogP contribution in [-0.2, 0) is 4.79 Å². The van der Waals surface area contributed by atoms with E-state index in [9.17, 15) is 29.6 Å². The Morgan fingerprint density at radius 2 is 1.72 bits per heavy atom. The first-order valence-corrected chi connectivity index (χ1v) is 7.22. The first-order valence-electron chi connectivity index (χ1n) is 6.85. The van der Waals surface area contributed by atoms with Gasteiger partial charge in [0.15, 0.2) is 0 Å². The molecule has 9 heteroatoms. The number of anilines is 1. The van der Waals surface area contributed by atoms with Crippen LogP contribution in [0.2, 0.25) is 5.02 Å². The zero-order valence-corrected chi connectivity index (χ0v) is 13.5. The minimum Gasteiger partial charge on any atom is -0.478 e. The fourth-order valence-corrected chi connectivity index (χ4v) is 2.40. The lowest BCUT2D eigenvalue weighted by Gasteiger charge is -2.10. The molecule has 0 unspecified atom stereocenters. The van der Waals surface area contributed by atoms with Crippen LogP contribution in [0.3, 0.4) is 0 Å². The Hall–Kier alpha value is -3.26. The van der Waals surface area contributed by atoms with E-state index in [2.05, 4.69) is 5.32 Å².